The van der Waals surface area contributed by atoms with E-state index in [2.05, 4.69) is 46.5 Å². The number of nitrogens with one attached hydrogen (secondary N) is 1. The van der Waals surface area contributed by atoms with Crippen molar-refractivity contribution in [3.05, 3.63) is 88.5 Å². The lowest BCUT2D eigenvalue weighted by Gasteiger charge is -2.23. The largest absolute Gasteiger partial charge is 0.459 e. The van der Waals surface area contributed by atoms with Gasteiger partial charge >= 0.3 is 17.9 Å². The molecular weight excluding hydrogens is 546 g/mol. The minimum Gasteiger partial charge on any atom is -0.459 e. The van der Waals surface area contributed by atoms with E-state index in [1.807, 2.05) is 24.3 Å². The molecule has 1 saturated heterocycles. The van der Waals surface area contributed by atoms with Crippen LogP contribution in [0, 0.1) is 5.41 Å². The van der Waals surface area contributed by atoms with Gasteiger partial charge in [-0.25, -0.2) is 9.59 Å². The van der Waals surface area contributed by atoms with Crippen LogP contribution in [0.5, 0.6) is 6.01 Å². The summed E-state index contributed by atoms with van der Waals surface area (Å²) in [5, 5.41) is 7.80. The lowest BCUT2D eigenvalue weighted by Crippen LogP contribution is -2.40. The minimum atomic E-state index is -0.883. The molecule has 0 amide bonds. The maximum absolute atomic E-state index is 13.2. The summed E-state index contributed by atoms with van der Waals surface area (Å²) in [7, 11) is 0. The van der Waals surface area contributed by atoms with Gasteiger partial charge in [0, 0.05) is 6.20 Å². The standard InChI is InChI=1S/C31H35N3O6.ClH/c1-30(2,3)20-11-7-18(8-12-20)27(35)37-17-22-24(25-26(38-22)34-16-15-23(32)33-29(34)40-25)39-28(36)19-9-13-21(14-10-19)31(4,5)6;/h7-16,22,24-26,32H,17H2,1-6H3;1H/t22-,24-,25-,26-;/m1./s1. The van der Waals surface area contributed by atoms with E-state index < -0.39 is 36.5 Å². The molecular formula is C31H36ClN3O6. The summed E-state index contributed by atoms with van der Waals surface area (Å²) in [5.74, 6) is -1.04. The quantitative estimate of drug-likeness (QED) is 0.416. The number of hydrogen-bond donors (Lipinski definition) is 1. The molecule has 4 atom stereocenters. The van der Waals surface area contributed by atoms with Crippen LogP contribution in [0.4, 0.5) is 0 Å². The molecule has 0 bridgehead atoms. The van der Waals surface area contributed by atoms with Crippen molar-refractivity contribution in [2.45, 2.75) is 76.9 Å². The molecule has 0 aliphatic carbocycles. The number of rotatable bonds is 5. The number of hydrogen-bond acceptors (Lipinski definition) is 8. The second-order valence-electron chi connectivity index (χ2n) is 12.3. The first-order valence-corrected chi connectivity index (χ1v) is 13.4. The molecule has 41 heavy (non-hydrogen) atoms. The van der Waals surface area contributed by atoms with Gasteiger partial charge in [-0.3, -0.25) is 9.98 Å². The minimum absolute atomic E-state index is 0. The van der Waals surface area contributed by atoms with Crippen LogP contribution in [0.1, 0.15) is 79.6 Å². The summed E-state index contributed by atoms with van der Waals surface area (Å²) >= 11 is 0. The van der Waals surface area contributed by atoms with Gasteiger partial charge in [0.1, 0.15) is 12.7 Å². The maximum Gasteiger partial charge on any atom is 0.338 e. The molecule has 1 aromatic heterocycles. The van der Waals surface area contributed by atoms with Gasteiger partial charge in [-0.1, -0.05) is 65.8 Å². The summed E-state index contributed by atoms with van der Waals surface area (Å²) < 4.78 is 25.4. The molecule has 2 aliphatic rings. The van der Waals surface area contributed by atoms with E-state index >= 15 is 0 Å². The average molecular weight is 582 g/mol. The molecule has 5 rings (SSSR count). The van der Waals surface area contributed by atoms with Crippen molar-refractivity contribution in [3.8, 4) is 6.01 Å². The van der Waals surface area contributed by atoms with Gasteiger partial charge in [0.15, 0.2) is 23.9 Å². The lowest BCUT2D eigenvalue weighted by molar-refractivity contribution is -0.0574. The Morgan fingerprint density at radius 1 is 0.878 bits per heavy atom. The van der Waals surface area contributed by atoms with E-state index in [0.717, 1.165) is 11.1 Å². The lowest BCUT2D eigenvalue weighted by atomic mass is 9.87. The second-order valence-corrected chi connectivity index (χ2v) is 12.3. The summed E-state index contributed by atoms with van der Waals surface area (Å²) in [5.41, 5.74) is 2.96. The zero-order chi connectivity index (χ0) is 28.8. The normalized spacial score (nSPS) is 21.2. The highest BCUT2D eigenvalue weighted by molar-refractivity contribution is 5.90. The third kappa shape index (κ3) is 6.31. The first kappa shape index (κ1) is 30.3. The Bertz CT molecular complexity index is 1470. The number of nitrogens with zero attached hydrogens (tertiary/aromatic N) is 2. The van der Waals surface area contributed by atoms with Crippen molar-refractivity contribution in [3.63, 3.8) is 0 Å². The Hall–Kier alpha value is -3.69. The van der Waals surface area contributed by atoms with Crippen molar-refractivity contribution in [1.82, 2.24) is 9.55 Å². The topological polar surface area (TPSA) is 113 Å². The number of carbonyl (C=O) groups excluding carboxylic acids is 2. The third-order valence-corrected chi connectivity index (χ3v) is 7.23. The smallest absolute Gasteiger partial charge is 0.338 e. The fourth-order valence-electron chi connectivity index (χ4n) is 4.79. The van der Waals surface area contributed by atoms with Crippen molar-refractivity contribution >= 4 is 24.3 Å². The number of benzene rings is 2. The molecule has 0 unspecified atom stereocenters. The van der Waals surface area contributed by atoms with Gasteiger partial charge in [-0.2, -0.15) is 4.98 Å². The fourth-order valence-corrected chi connectivity index (χ4v) is 4.79. The predicted molar refractivity (Wildman–Crippen MR) is 153 cm³/mol. The molecule has 0 saturated carbocycles. The number of halogens is 1. The molecule has 2 aromatic carbocycles. The van der Waals surface area contributed by atoms with Crippen LogP contribution >= 0.6 is 12.4 Å². The molecule has 9 nitrogen and oxygen atoms in total. The molecule has 1 fully saturated rings. The van der Waals surface area contributed by atoms with Crippen molar-refractivity contribution in [1.29, 1.82) is 5.41 Å². The summed E-state index contributed by atoms with van der Waals surface area (Å²) in [6, 6.07) is 16.3. The molecule has 0 radical (unpaired) electrons. The first-order chi connectivity index (χ1) is 18.8. The maximum atomic E-state index is 13.2. The monoisotopic (exact) mass is 581 g/mol. The van der Waals surface area contributed by atoms with Gasteiger partial charge in [-0.05, 0) is 52.3 Å². The molecule has 10 heteroatoms. The molecule has 1 N–H and O–H groups in total. The Kier molecular flexibility index (Phi) is 8.34. The van der Waals surface area contributed by atoms with E-state index in [9.17, 15) is 9.59 Å². The van der Waals surface area contributed by atoms with E-state index in [1.165, 1.54) is 6.07 Å². The molecule has 3 heterocycles. The van der Waals surface area contributed by atoms with E-state index in [1.54, 1.807) is 35.0 Å². The average Bonchev–Trinajstić information content (AvgIpc) is 3.41. The molecule has 0 spiro atoms. The van der Waals surface area contributed by atoms with Crippen LogP contribution in [-0.4, -0.2) is 46.4 Å². The highest BCUT2D eigenvalue weighted by atomic mass is 35.5. The number of aromatic nitrogens is 2. The number of ether oxygens (including phenoxy) is 4. The van der Waals surface area contributed by atoms with E-state index in [-0.39, 0.29) is 41.3 Å². The Morgan fingerprint density at radius 2 is 1.41 bits per heavy atom. The van der Waals surface area contributed by atoms with E-state index in [4.69, 9.17) is 24.4 Å². The molecule has 2 aliphatic heterocycles. The Morgan fingerprint density at radius 3 is 1.95 bits per heavy atom. The van der Waals surface area contributed by atoms with Crippen molar-refractivity contribution in [2.24, 2.45) is 0 Å². The summed E-state index contributed by atoms with van der Waals surface area (Å²) in [4.78, 5) is 30.2. The Balaban J connectivity index is 0.00000387. The van der Waals surface area contributed by atoms with Crippen molar-refractivity contribution in [2.75, 3.05) is 6.61 Å². The van der Waals surface area contributed by atoms with Crippen LogP contribution in [0.2, 0.25) is 0 Å². The zero-order valence-corrected chi connectivity index (χ0v) is 24.9. The first-order valence-electron chi connectivity index (χ1n) is 13.4. The van der Waals surface area contributed by atoms with Gasteiger partial charge in [0.2, 0.25) is 0 Å². The molecule has 218 valence electrons. The van der Waals surface area contributed by atoms with Gasteiger partial charge < -0.3 is 18.9 Å². The van der Waals surface area contributed by atoms with Crippen LogP contribution in [0.15, 0.2) is 60.8 Å². The van der Waals surface area contributed by atoms with Gasteiger partial charge in [-0.15, -0.1) is 12.4 Å². The predicted octanol–water partition coefficient (Wildman–Crippen LogP) is 5.12. The van der Waals surface area contributed by atoms with Crippen LogP contribution in [0.25, 0.3) is 0 Å². The second kappa shape index (κ2) is 11.3. The SMILES string of the molecule is CC(C)(C)c1ccc(C(=O)OC[C@H]2O[C@@H]3[C@H](Oc4nc(=N)ccn43)[C@@H]2OC(=O)c2ccc(C(C)(C)C)cc2)cc1.Cl. The number of fused-ring (bicyclic) bond motifs is 3. The number of esters is 2. The van der Waals surface area contributed by atoms with Crippen molar-refractivity contribution < 1.29 is 28.5 Å². The molecule has 3 aromatic rings. The summed E-state index contributed by atoms with van der Waals surface area (Å²) in [6.45, 7) is 12.5. The summed E-state index contributed by atoms with van der Waals surface area (Å²) in [6.07, 6.45) is -1.39. The highest BCUT2D eigenvalue weighted by Crippen LogP contribution is 2.40. The Labute approximate surface area is 245 Å². The van der Waals surface area contributed by atoms with E-state index in [0.29, 0.717) is 11.1 Å². The third-order valence-electron chi connectivity index (χ3n) is 7.23. The van der Waals surface area contributed by atoms with Crippen LogP contribution < -0.4 is 10.2 Å². The zero-order valence-electron chi connectivity index (χ0n) is 24.0. The van der Waals surface area contributed by atoms with Gasteiger partial charge in [0.05, 0.1) is 11.1 Å². The number of carbonyl (C=O) groups is 2. The fraction of sp³-hybridized carbons (Fsp3) is 0.419. The van der Waals surface area contributed by atoms with Crippen LogP contribution in [-0.2, 0) is 25.0 Å². The highest BCUT2D eigenvalue weighted by Gasteiger charge is 2.54. The van der Waals surface area contributed by atoms with Gasteiger partial charge in [0.25, 0.3) is 0 Å². The van der Waals surface area contributed by atoms with Crippen LogP contribution in [0.3, 0.4) is 0 Å².